The number of nitrogens with zero attached hydrogens (tertiary/aromatic N) is 1. The molecule has 1 aliphatic heterocycles. The van der Waals surface area contributed by atoms with Gasteiger partial charge in [-0.05, 0) is 74.9 Å². The summed E-state index contributed by atoms with van der Waals surface area (Å²) in [7, 11) is 0. The summed E-state index contributed by atoms with van der Waals surface area (Å²) in [5, 5.41) is 6.40. The second-order valence-electron chi connectivity index (χ2n) is 11.2. The van der Waals surface area contributed by atoms with Crippen molar-refractivity contribution in [3.8, 4) is 0 Å². The molecule has 2 heterocycles. The number of para-hydroxylation sites is 1. The highest BCUT2D eigenvalue weighted by Crippen LogP contribution is 2.44. The maximum atomic E-state index is 13.7. The molecule has 10 heteroatoms. The number of ether oxygens (including phenoxy) is 1. The molecular weight excluding hydrogens is 611 g/mol. The summed E-state index contributed by atoms with van der Waals surface area (Å²) in [6.07, 6.45) is 11.0. The molecule has 4 atom stereocenters. The Morgan fingerprint density at radius 2 is 1.91 bits per heavy atom. The van der Waals surface area contributed by atoms with Gasteiger partial charge in [0.2, 0.25) is 5.91 Å². The lowest BCUT2D eigenvalue weighted by molar-refractivity contribution is -0.115. The fraction of sp³-hybridized carbons (Fsp3) is 0.324. The van der Waals surface area contributed by atoms with Crippen molar-refractivity contribution in [1.82, 2.24) is 0 Å². The second-order valence-corrected chi connectivity index (χ2v) is 14.9. The van der Waals surface area contributed by atoms with Crippen LogP contribution >= 0.6 is 34.9 Å². The van der Waals surface area contributed by atoms with Gasteiger partial charge < -0.3 is 15.4 Å². The van der Waals surface area contributed by atoms with Gasteiger partial charge in [0.25, 0.3) is 0 Å². The lowest BCUT2D eigenvalue weighted by atomic mass is 9.88. The number of fused-ring (bicyclic) bond motifs is 3. The molecule has 7 nitrogen and oxygen atoms in total. The zero-order valence-electron chi connectivity index (χ0n) is 24.9. The first kappa shape index (κ1) is 30.6. The number of urea groups is 1. The number of carbonyl (C=O) groups excluding carboxylic acids is 3. The molecule has 228 valence electrons. The van der Waals surface area contributed by atoms with Crippen molar-refractivity contribution in [2.24, 2.45) is 5.92 Å². The predicted octanol–water partition coefficient (Wildman–Crippen LogP) is 8.18. The second kappa shape index (κ2) is 13.3. The minimum Gasteiger partial charge on any atom is -0.462 e. The molecular formula is C34H35N3O4S3. The number of hydrogen-bond donors (Lipinski definition) is 2. The van der Waals surface area contributed by atoms with Gasteiger partial charge >= 0.3 is 12.0 Å². The topological polar surface area (TPSA) is 87.7 Å². The number of thioether (sulfide) groups is 2. The monoisotopic (exact) mass is 645 g/mol. The van der Waals surface area contributed by atoms with Crippen LogP contribution in [0.1, 0.15) is 48.0 Å². The summed E-state index contributed by atoms with van der Waals surface area (Å²) in [5.74, 6) is -0.0187. The third-order valence-corrected chi connectivity index (χ3v) is 11.5. The van der Waals surface area contributed by atoms with E-state index in [0.717, 1.165) is 45.2 Å². The average Bonchev–Trinajstić information content (AvgIpc) is 3.36. The van der Waals surface area contributed by atoms with Crippen LogP contribution < -0.4 is 15.5 Å². The molecule has 2 N–H and O–H groups in total. The number of carbonyl (C=O) groups is 3. The van der Waals surface area contributed by atoms with Crippen molar-refractivity contribution in [2.75, 3.05) is 22.1 Å². The van der Waals surface area contributed by atoms with Crippen molar-refractivity contribution < 1.29 is 19.1 Å². The Morgan fingerprint density at radius 3 is 2.75 bits per heavy atom. The average molecular weight is 646 g/mol. The van der Waals surface area contributed by atoms with Gasteiger partial charge in [0.05, 0.1) is 34.4 Å². The number of anilines is 3. The van der Waals surface area contributed by atoms with E-state index in [1.54, 1.807) is 18.7 Å². The fourth-order valence-corrected chi connectivity index (χ4v) is 9.37. The molecule has 0 saturated heterocycles. The van der Waals surface area contributed by atoms with Gasteiger partial charge in [-0.15, -0.1) is 34.9 Å². The summed E-state index contributed by atoms with van der Waals surface area (Å²) in [6.45, 7) is 6.13. The fourth-order valence-electron chi connectivity index (χ4n) is 5.78. The van der Waals surface area contributed by atoms with Crippen LogP contribution in [-0.4, -0.2) is 41.1 Å². The number of hydrogen-bond acceptors (Lipinski definition) is 7. The van der Waals surface area contributed by atoms with Crippen LogP contribution in [0.25, 0.3) is 0 Å². The minimum atomic E-state index is -0.444. The molecule has 0 spiro atoms. The lowest BCUT2D eigenvalue weighted by Crippen LogP contribution is -2.49. The molecule has 3 amide bonds. The lowest BCUT2D eigenvalue weighted by Gasteiger charge is -2.40. The van der Waals surface area contributed by atoms with Gasteiger partial charge in [-0.25, -0.2) is 9.59 Å². The quantitative estimate of drug-likeness (QED) is 0.199. The van der Waals surface area contributed by atoms with E-state index in [1.165, 1.54) is 23.1 Å². The molecule has 4 unspecified atom stereocenters. The highest BCUT2D eigenvalue weighted by atomic mass is 32.2. The summed E-state index contributed by atoms with van der Waals surface area (Å²) in [5.41, 5.74) is 3.07. The molecule has 1 aromatic heterocycles. The zero-order chi connectivity index (χ0) is 30.8. The summed E-state index contributed by atoms with van der Waals surface area (Å²) in [4.78, 5) is 44.9. The third kappa shape index (κ3) is 6.34. The Morgan fingerprint density at radius 1 is 1.09 bits per heavy atom. The van der Waals surface area contributed by atoms with Crippen LogP contribution in [0.4, 0.5) is 21.2 Å². The van der Waals surface area contributed by atoms with Crippen LogP contribution in [0.2, 0.25) is 0 Å². The van der Waals surface area contributed by atoms with Gasteiger partial charge in [0, 0.05) is 20.4 Å². The van der Waals surface area contributed by atoms with Gasteiger partial charge in [0.1, 0.15) is 5.00 Å². The first-order valence-electron chi connectivity index (χ1n) is 14.9. The van der Waals surface area contributed by atoms with Crippen molar-refractivity contribution >= 4 is 69.1 Å². The molecule has 6 rings (SSSR count). The van der Waals surface area contributed by atoms with E-state index in [0.29, 0.717) is 22.2 Å². The van der Waals surface area contributed by atoms with Crippen LogP contribution in [0.3, 0.4) is 0 Å². The number of benzene rings is 2. The van der Waals surface area contributed by atoms with Crippen molar-refractivity contribution in [3.63, 3.8) is 0 Å². The molecule has 0 fully saturated rings. The van der Waals surface area contributed by atoms with Gasteiger partial charge in [-0.3, -0.25) is 9.69 Å². The van der Waals surface area contributed by atoms with E-state index in [4.69, 9.17) is 4.74 Å². The number of nitrogens with one attached hydrogen (secondary N) is 2. The Kier molecular flexibility index (Phi) is 9.21. The van der Waals surface area contributed by atoms with Crippen molar-refractivity contribution in [2.45, 2.75) is 66.4 Å². The Balaban J connectivity index is 1.15. The standard InChI is InChI=1S/C34H35N3O4S3/c1-4-41-33(39)30-24-17-16-20(2)18-29(24)44-32(30)36-31(38)21(3)42-23-11-9-10-22(19-23)35-34(40)37-25-12-5-7-14-27(25)43-28-15-8-6-13-26(28)37/h5-15,19-21,25,27H,4,16-18H2,1-3H3,(H,35,40)(H,36,38). The summed E-state index contributed by atoms with van der Waals surface area (Å²) < 4.78 is 5.36. The Hall–Kier alpha value is -3.47. The Labute approximate surface area is 270 Å². The molecule has 3 aromatic rings. The van der Waals surface area contributed by atoms with Crippen molar-refractivity contribution in [3.05, 3.63) is 88.8 Å². The normalized spacial score (nSPS) is 20.6. The van der Waals surface area contributed by atoms with E-state index < -0.39 is 5.25 Å². The molecule has 2 aliphatic carbocycles. The molecule has 44 heavy (non-hydrogen) atoms. The van der Waals surface area contributed by atoms with Gasteiger partial charge in [-0.2, -0.15) is 0 Å². The van der Waals surface area contributed by atoms with Crippen LogP contribution in [-0.2, 0) is 22.4 Å². The molecule has 0 radical (unpaired) electrons. The molecule has 3 aliphatic rings. The summed E-state index contributed by atoms with van der Waals surface area (Å²) in [6, 6.07) is 15.2. The third-order valence-electron chi connectivity index (χ3n) is 7.96. The van der Waals surface area contributed by atoms with Crippen LogP contribution in [0.15, 0.2) is 82.6 Å². The minimum absolute atomic E-state index is 0.0909. The predicted molar refractivity (Wildman–Crippen MR) is 182 cm³/mol. The van der Waals surface area contributed by atoms with Crippen molar-refractivity contribution in [1.29, 1.82) is 0 Å². The van der Waals surface area contributed by atoms with E-state index in [9.17, 15) is 14.4 Å². The van der Waals surface area contributed by atoms with E-state index >= 15 is 0 Å². The number of thiophene rings is 1. The number of amides is 3. The smallest absolute Gasteiger partial charge is 0.341 e. The zero-order valence-corrected chi connectivity index (χ0v) is 27.3. The van der Waals surface area contributed by atoms with Crippen LogP contribution in [0.5, 0.6) is 0 Å². The highest BCUT2D eigenvalue weighted by Gasteiger charge is 2.37. The molecule has 2 aromatic carbocycles. The first-order chi connectivity index (χ1) is 21.3. The SMILES string of the molecule is CCOC(=O)c1c(NC(=O)C(C)Sc2cccc(NC(=O)N3c4ccccc4SC4C=CC=CC43)c2)sc2c1CCC(C)C2. The number of allylic oxidation sites excluding steroid dienone is 2. The number of esters is 1. The molecule has 0 bridgehead atoms. The molecule has 0 saturated carbocycles. The van der Waals surface area contributed by atoms with Gasteiger partial charge in [0.15, 0.2) is 0 Å². The highest BCUT2D eigenvalue weighted by molar-refractivity contribution is 8.00. The largest absolute Gasteiger partial charge is 0.462 e. The van der Waals surface area contributed by atoms with E-state index in [-0.39, 0.29) is 35.8 Å². The summed E-state index contributed by atoms with van der Waals surface area (Å²) >= 11 is 4.66. The maximum Gasteiger partial charge on any atom is 0.341 e. The van der Waals surface area contributed by atoms with Crippen LogP contribution in [0, 0.1) is 5.92 Å². The van der Waals surface area contributed by atoms with Gasteiger partial charge in [-0.1, -0.05) is 49.4 Å². The Bertz CT molecular complexity index is 1650. The van der Waals surface area contributed by atoms with E-state index in [1.807, 2.05) is 72.5 Å². The van der Waals surface area contributed by atoms with E-state index in [2.05, 4.69) is 29.7 Å². The maximum absolute atomic E-state index is 13.7. The first-order valence-corrected chi connectivity index (χ1v) is 17.5. The number of rotatable bonds is 7.